The van der Waals surface area contributed by atoms with Crippen LogP contribution in [-0.2, 0) is 4.74 Å². The third kappa shape index (κ3) is 2.60. The van der Waals surface area contributed by atoms with E-state index in [9.17, 15) is 9.59 Å². The van der Waals surface area contributed by atoms with Gasteiger partial charge in [0.1, 0.15) is 0 Å². The molecular weight excluding hydrogens is 260 g/mol. The molecular formula is C14H16N2O4. The third-order valence-electron chi connectivity index (χ3n) is 3.69. The molecule has 2 amide bonds. The molecule has 0 aromatic heterocycles. The number of nitrogens with one attached hydrogen (secondary N) is 1. The number of anilines is 1. The molecule has 2 N–H and O–H groups in total. The first-order chi connectivity index (χ1) is 9.61. The van der Waals surface area contributed by atoms with Crippen LogP contribution in [0.3, 0.4) is 0 Å². The van der Waals surface area contributed by atoms with Crippen molar-refractivity contribution in [3.05, 3.63) is 29.8 Å². The first kappa shape index (κ1) is 12.9. The van der Waals surface area contributed by atoms with Crippen molar-refractivity contribution >= 4 is 17.7 Å². The summed E-state index contributed by atoms with van der Waals surface area (Å²) in [6.45, 7) is 1.20. The van der Waals surface area contributed by atoms with E-state index in [0.29, 0.717) is 18.8 Å². The van der Waals surface area contributed by atoms with Gasteiger partial charge in [-0.2, -0.15) is 0 Å². The Morgan fingerprint density at radius 3 is 2.60 bits per heavy atom. The van der Waals surface area contributed by atoms with Crippen LogP contribution in [-0.4, -0.2) is 47.3 Å². The Hall–Kier alpha value is -2.08. The van der Waals surface area contributed by atoms with Crippen molar-refractivity contribution < 1.29 is 19.4 Å². The number of carbonyl (C=O) groups is 2. The lowest BCUT2D eigenvalue weighted by atomic mass is 10.2. The summed E-state index contributed by atoms with van der Waals surface area (Å²) in [7, 11) is 0. The van der Waals surface area contributed by atoms with E-state index in [1.807, 2.05) is 0 Å². The molecule has 0 saturated carbocycles. The summed E-state index contributed by atoms with van der Waals surface area (Å²) in [5.74, 6) is -1.01. The quantitative estimate of drug-likeness (QED) is 0.863. The van der Waals surface area contributed by atoms with Crippen LogP contribution in [0, 0.1) is 0 Å². The van der Waals surface area contributed by atoms with E-state index in [0.717, 1.165) is 12.8 Å². The third-order valence-corrected chi connectivity index (χ3v) is 3.69. The van der Waals surface area contributed by atoms with Crippen molar-refractivity contribution in [2.45, 2.75) is 25.0 Å². The van der Waals surface area contributed by atoms with Crippen LogP contribution in [0.15, 0.2) is 24.3 Å². The number of hydrogen-bond acceptors (Lipinski definition) is 3. The lowest BCUT2D eigenvalue weighted by molar-refractivity contribution is -0.0219. The maximum absolute atomic E-state index is 12.2. The molecule has 2 aliphatic rings. The topological polar surface area (TPSA) is 78.9 Å². The van der Waals surface area contributed by atoms with E-state index in [1.54, 1.807) is 17.0 Å². The number of hydrogen-bond donors (Lipinski definition) is 2. The number of ether oxygens (including phenoxy) is 1. The molecule has 2 aliphatic heterocycles. The molecule has 0 spiro atoms. The minimum absolute atomic E-state index is 0.143. The second-order valence-corrected chi connectivity index (χ2v) is 5.18. The number of carboxylic acid groups (broad SMARTS) is 1. The van der Waals surface area contributed by atoms with Gasteiger partial charge < -0.3 is 20.1 Å². The number of urea groups is 1. The number of amides is 2. The Morgan fingerprint density at radius 1 is 1.25 bits per heavy atom. The molecule has 0 radical (unpaired) electrons. The molecule has 106 valence electrons. The first-order valence-corrected chi connectivity index (χ1v) is 6.66. The zero-order valence-corrected chi connectivity index (χ0v) is 10.9. The van der Waals surface area contributed by atoms with Crippen molar-refractivity contribution in [2.75, 3.05) is 18.4 Å². The fraction of sp³-hybridized carbons (Fsp3) is 0.429. The standard InChI is InChI=1S/C14H16N2O4/c17-13(18)9-2-1-3-10(6-9)15-14(19)16-7-11-4-5-12(8-16)20-11/h1-3,6,11-12H,4-5,7-8H2,(H,15,19)(H,17,18). The zero-order chi connectivity index (χ0) is 14.1. The van der Waals surface area contributed by atoms with Crippen LogP contribution >= 0.6 is 0 Å². The van der Waals surface area contributed by atoms with Crippen LogP contribution in [0.25, 0.3) is 0 Å². The number of nitrogens with zero attached hydrogens (tertiary/aromatic N) is 1. The lowest BCUT2D eigenvalue weighted by Crippen LogP contribution is -2.47. The molecule has 2 unspecified atom stereocenters. The predicted molar refractivity (Wildman–Crippen MR) is 71.9 cm³/mol. The van der Waals surface area contributed by atoms with Gasteiger partial charge in [-0.15, -0.1) is 0 Å². The van der Waals surface area contributed by atoms with Crippen LogP contribution in [0.5, 0.6) is 0 Å². The van der Waals surface area contributed by atoms with Gasteiger partial charge in [-0.05, 0) is 31.0 Å². The SMILES string of the molecule is O=C(O)c1cccc(NC(=O)N2CC3CCC(C2)O3)c1. The maximum atomic E-state index is 12.2. The Morgan fingerprint density at radius 2 is 1.95 bits per heavy atom. The Balaban J connectivity index is 1.67. The van der Waals surface area contributed by atoms with Crippen molar-refractivity contribution in [1.82, 2.24) is 4.90 Å². The number of benzene rings is 1. The molecule has 1 aromatic rings. The summed E-state index contributed by atoms with van der Waals surface area (Å²) in [4.78, 5) is 24.8. The van der Waals surface area contributed by atoms with Crippen LogP contribution < -0.4 is 5.32 Å². The Kier molecular flexibility index (Phi) is 3.31. The molecule has 3 rings (SSSR count). The smallest absolute Gasteiger partial charge is 0.335 e. The number of rotatable bonds is 2. The van der Waals surface area contributed by atoms with Crippen LogP contribution in [0.4, 0.5) is 10.5 Å². The largest absolute Gasteiger partial charge is 0.478 e. The molecule has 2 heterocycles. The number of aromatic carboxylic acids is 1. The van der Waals surface area contributed by atoms with Crippen molar-refractivity contribution in [1.29, 1.82) is 0 Å². The summed E-state index contributed by atoms with van der Waals surface area (Å²) >= 11 is 0. The molecule has 2 bridgehead atoms. The van der Waals surface area contributed by atoms with Crippen LogP contribution in [0.1, 0.15) is 23.2 Å². The zero-order valence-electron chi connectivity index (χ0n) is 10.9. The maximum Gasteiger partial charge on any atom is 0.335 e. The van der Waals surface area contributed by atoms with Gasteiger partial charge in [-0.1, -0.05) is 6.07 Å². The van der Waals surface area contributed by atoms with Gasteiger partial charge in [0.25, 0.3) is 0 Å². The second kappa shape index (κ2) is 5.13. The summed E-state index contributed by atoms with van der Waals surface area (Å²) in [5.41, 5.74) is 0.651. The average molecular weight is 276 g/mol. The Labute approximate surface area is 116 Å². The fourth-order valence-corrected chi connectivity index (χ4v) is 2.71. The first-order valence-electron chi connectivity index (χ1n) is 6.66. The van der Waals surface area contributed by atoms with Gasteiger partial charge in [0.15, 0.2) is 0 Å². The highest BCUT2D eigenvalue weighted by Crippen LogP contribution is 2.26. The number of likely N-dealkylation sites (tertiary alicyclic amines) is 1. The molecule has 6 heteroatoms. The molecule has 2 fully saturated rings. The highest BCUT2D eigenvalue weighted by Gasteiger charge is 2.35. The summed E-state index contributed by atoms with van der Waals surface area (Å²) in [6, 6.07) is 6.04. The van der Waals surface area contributed by atoms with E-state index in [2.05, 4.69) is 5.32 Å². The molecule has 1 aromatic carbocycles. The van der Waals surface area contributed by atoms with E-state index in [4.69, 9.17) is 9.84 Å². The van der Waals surface area contributed by atoms with Gasteiger partial charge >= 0.3 is 12.0 Å². The number of carboxylic acids is 1. The lowest BCUT2D eigenvalue weighted by Gasteiger charge is -2.32. The molecule has 2 saturated heterocycles. The van der Waals surface area contributed by atoms with E-state index >= 15 is 0 Å². The fourth-order valence-electron chi connectivity index (χ4n) is 2.71. The number of morpholine rings is 1. The summed E-state index contributed by atoms with van der Waals surface area (Å²) in [6.07, 6.45) is 2.29. The summed E-state index contributed by atoms with van der Waals surface area (Å²) in [5, 5.41) is 11.7. The normalized spacial score (nSPS) is 24.5. The minimum atomic E-state index is -1.01. The molecule has 6 nitrogen and oxygen atoms in total. The molecule has 0 aliphatic carbocycles. The molecule has 20 heavy (non-hydrogen) atoms. The van der Waals surface area contributed by atoms with Crippen LogP contribution in [0.2, 0.25) is 0 Å². The molecule has 2 atom stereocenters. The van der Waals surface area contributed by atoms with Gasteiger partial charge in [-0.3, -0.25) is 0 Å². The number of carbonyl (C=O) groups excluding carboxylic acids is 1. The van der Waals surface area contributed by atoms with Crippen molar-refractivity contribution in [2.24, 2.45) is 0 Å². The van der Waals surface area contributed by atoms with E-state index in [-0.39, 0.29) is 23.8 Å². The predicted octanol–water partition coefficient (Wildman–Crippen LogP) is 1.78. The second-order valence-electron chi connectivity index (χ2n) is 5.18. The van der Waals surface area contributed by atoms with Gasteiger partial charge in [0.2, 0.25) is 0 Å². The van der Waals surface area contributed by atoms with Gasteiger partial charge in [0, 0.05) is 18.8 Å². The summed E-state index contributed by atoms with van der Waals surface area (Å²) < 4.78 is 5.68. The van der Waals surface area contributed by atoms with Gasteiger partial charge in [-0.25, -0.2) is 9.59 Å². The van der Waals surface area contributed by atoms with Crippen molar-refractivity contribution in [3.8, 4) is 0 Å². The van der Waals surface area contributed by atoms with E-state index < -0.39 is 5.97 Å². The Bertz CT molecular complexity index is 534. The monoisotopic (exact) mass is 276 g/mol. The number of fused-ring (bicyclic) bond motifs is 2. The minimum Gasteiger partial charge on any atom is -0.478 e. The highest BCUT2D eigenvalue weighted by molar-refractivity contribution is 5.93. The average Bonchev–Trinajstić information content (AvgIpc) is 2.77. The van der Waals surface area contributed by atoms with Crippen molar-refractivity contribution in [3.63, 3.8) is 0 Å². The van der Waals surface area contributed by atoms with E-state index in [1.165, 1.54) is 12.1 Å². The highest BCUT2D eigenvalue weighted by atomic mass is 16.5. The van der Waals surface area contributed by atoms with Gasteiger partial charge in [0.05, 0.1) is 17.8 Å².